The number of phenols is 1. The molecule has 0 spiro atoms. The lowest BCUT2D eigenvalue weighted by Gasteiger charge is -2.12. The monoisotopic (exact) mass is 359 g/mol. The van der Waals surface area contributed by atoms with Gasteiger partial charge in [-0.2, -0.15) is 0 Å². The molecule has 0 atom stereocenters. The summed E-state index contributed by atoms with van der Waals surface area (Å²) in [5, 5.41) is 9.73. The molecule has 0 aliphatic carbocycles. The summed E-state index contributed by atoms with van der Waals surface area (Å²) in [6, 6.07) is 13.5. The highest BCUT2D eigenvalue weighted by molar-refractivity contribution is 5.85. The van der Waals surface area contributed by atoms with Crippen molar-refractivity contribution in [2.45, 2.75) is 6.92 Å². The maximum atomic E-state index is 9.73. The molecule has 2 aromatic carbocycles. The molecule has 0 fully saturated rings. The number of H-pyrrole nitrogens is 1. The summed E-state index contributed by atoms with van der Waals surface area (Å²) in [6.45, 7) is 2.00. The first-order valence-corrected chi connectivity index (χ1v) is 7.71. The fourth-order valence-electron chi connectivity index (χ4n) is 2.62. The number of hydrogen-bond donors (Lipinski definition) is 2. The first kappa shape index (κ1) is 18.7. The number of nitrogens with zero attached hydrogens (tertiary/aromatic N) is 2. The average Bonchev–Trinajstić information content (AvgIpc) is 2.97. The van der Waals surface area contributed by atoms with Gasteiger partial charge in [0, 0.05) is 36.6 Å². The van der Waals surface area contributed by atoms with Gasteiger partial charge in [0.2, 0.25) is 0 Å². The normalized spacial score (nSPS) is 10.2. The van der Waals surface area contributed by atoms with Crippen molar-refractivity contribution in [2.24, 2.45) is 0 Å². The molecule has 0 unspecified atom stereocenters. The molecule has 0 amide bonds. The van der Waals surface area contributed by atoms with Gasteiger partial charge in [-0.1, -0.05) is 12.1 Å². The fourth-order valence-corrected chi connectivity index (χ4v) is 2.62. The van der Waals surface area contributed by atoms with Crippen molar-refractivity contribution < 1.29 is 9.84 Å². The van der Waals surface area contributed by atoms with Gasteiger partial charge in [-0.15, -0.1) is 12.4 Å². The van der Waals surface area contributed by atoms with Crippen molar-refractivity contribution in [2.75, 3.05) is 26.1 Å². The van der Waals surface area contributed by atoms with Gasteiger partial charge in [-0.25, -0.2) is 4.98 Å². The van der Waals surface area contributed by atoms with E-state index in [0.29, 0.717) is 5.75 Å². The van der Waals surface area contributed by atoms with Crippen LogP contribution in [0.25, 0.3) is 22.6 Å². The smallest absolute Gasteiger partial charge is 0.161 e. The second-order valence-corrected chi connectivity index (χ2v) is 5.89. The molecule has 1 heterocycles. The van der Waals surface area contributed by atoms with Crippen LogP contribution < -0.4 is 9.64 Å². The van der Waals surface area contributed by atoms with Gasteiger partial charge in [0.05, 0.1) is 12.8 Å². The first-order chi connectivity index (χ1) is 11.5. The molecule has 1 aromatic heterocycles. The summed E-state index contributed by atoms with van der Waals surface area (Å²) in [7, 11) is 5.57. The third-order valence-corrected chi connectivity index (χ3v) is 4.00. The lowest BCUT2D eigenvalue weighted by atomic mass is 10.1. The maximum Gasteiger partial charge on any atom is 0.161 e. The number of benzene rings is 2. The maximum absolute atomic E-state index is 9.73. The van der Waals surface area contributed by atoms with Crippen molar-refractivity contribution in [3.05, 3.63) is 48.2 Å². The number of aryl methyl sites for hydroxylation is 1. The molecule has 0 saturated carbocycles. The van der Waals surface area contributed by atoms with Crippen LogP contribution in [0.4, 0.5) is 5.69 Å². The van der Waals surface area contributed by atoms with Crippen molar-refractivity contribution in [3.8, 4) is 34.1 Å². The second-order valence-electron chi connectivity index (χ2n) is 5.89. The van der Waals surface area contributed by atoms with Gasteiger partial charge < -0.3 is 19.7 Å². The Morgan fingerprint density at radius 3 is 2.28 bits per heavy atom. The average molecular weight is 360 g/mol. The fraction of sp³-hybridized carbons (Fsp3) is 0.211. The van der Waals surface area contributed by atoms with Gasteiger partial charge in [0.25, 0.3) is 0 Å². The van der Waals surface area contributed by atoms with E-state index < -0.39 is 0 Å². The number of rotatable bonds is 4. The van der Waals surface area contributed by atoms with Crippen molar-refractivity contribution in [1.82, 2.24) is 9.97 Å². The summed E-state index contributed by atoms with van der Waals surface area (Å²) in [4.78, 5) is 10.1. The number of halogens is 1. The van der Waals surface area contributed by atoms with Gasteiger partial charge >= 0.3 is 0 Å². The SMILES string of the molecule is COc1cc(-c2nc(-c3ccc(N(C)C)cc3)c(C)[nH]2)ccc1O.Cl. The van der Waals surface area contributed by atoms with Gasteiger partial charge in [0.15, 0.2) is 11.5 Å². The molecule has 0 bridgehead atoms. The highest BCUT2D eigenvalue weighted by atomic mass is 35.5. The third kappa shape index (κ3) is 3.72. The zero-order valence-corrected chi connectivity index (χ0v) is 15.5. The number of aromatic amines is 1. The summed E-state index contributed by atoms with van der Waals surface area (Å²) in [6.07, 6.45) is 0. The molecular weight excluding hydrogens is 338 g/mol. The van der Waals surface area contributed by atoms with Crippen LogP contribution >= 0.6 is 12.4 Å². The lowest BCUT2D eigenvalue weighted by Crippen LogP contribution is -2.07. The Hall–Kier alpha value is -2.66. The van der Waals surface area contributed by atoms with E-state index in [2.05, 4.69) is 34.1 Å². The van der Waals surface area contributed by atoms with Crippen LogP contribution in [0.1, 0.15) is 5.69 Å². The Balaban J connectivity index is 0.00000225. The number of aromatic hydroxyl groups is 1. The Labute approximate surface area is 153 Å². The molecule has 3 rings (SSSR count). The van der Waals surface area contributed by atoms with E-state index in [-0.39, 0.29) is 18.2 Å². The highest BCUT2D eigenvalue weighted by Crippen LogP contribution is 2.32. The minimum Gasteiger partial charge on any atom is -0.504 e. The highest BCUT2D eigenvalue weighted by Gasteiger charge is 2.12. The van der Waals surface area contributed by atoms with Gasteiger partial charge in [-0.3, -0.25) is 0 Å². The van der Waals surface area contributed by atoms with Crippen LogP contribution in [0, 0.1) is 6.92 Å². The van der Waals surface area contributed by atoms with E-state index in [0.717, 1.165) is 34.0 Å². The lowest BCUT2D eigenvalue weighted by molar-refractivity contribution is 0.373. The van der Waals surface area contributed by atoms with E-state index >= 15 is 0 Å². The first-order valence-electron chi connectivity index (χ1n) is 7.71. The Morgan fingerprint density at radius 2 is 1.68 bits per heavy atom. The van der Waals surface area contributed by atoms with Crippen molar-refractivity contribution in [1.29, 1.82) is 0 Å². The Morgan fingerprint density at radius 1 is 1.04 bits per heavy atom. The zero-order chi connectivity index (χ0) is 17.3. The van der Waals surface area contributed by atoms with Crippen LogP contribution in [-0.2, 0) is 0 Å². The number of anilines is 1. The number of nitrogens with one attached hydrogen (secondary N) is 1. The summed E-state index contributed by atoms with van der Waals surface area (Å²) in [5.74, 6) is 1.29. The molecule has 0 radical (unpaired) electrons. The number of hydrogen-bond acceptors (Lipinski definition) is 4. The van der Waals surface area contributed by atoms with Crippen LogP contribution in [0.2, 0.25) is 0 Å². The van der Waals surface area contributed by atoms with Crippen LogP contribution in [-0.4, -0.2) is 36.3 Å². The zero-order valence-electron chi connectivity index (χ0n) is 14.7. The molecule has 0 aliphatic rings. The summed E-state index contributed by atoms with van der Waals surface area (Å²) >= 11 is 0. The van der Waals surface area contributed by atoms with Crippen LogP contribution in [0.15, 0.2) is 42.5 Å². The number of phenolic OH excluding ortho intramolecular Hbond substituents is 1. The van der Waals surface area contributed by atoms with E-state index in [1.165, 1.54) is 7.11 Å². The van der Waals surface area contributed by atoms with Crippen molar-refractivity contribution >= 4 is 18.1 Å². The summed E-state index contributed by atoms with van der Waals surface area (Å²) < 4.78 is 5.17. The van der Waals surface area contributed by atoms with Crippen LogP contribution in [0.3, 0.4) is 0 Å². The number of imidazole rings is 1. The van der Waals surface area contributed by atoms with Gasteiger partial charge in [0.1, 0.15) is 5.82 Å². The number of methoxy groups -OCH3 is 1. The predicted octanol–water partition coefficient (Wildman–Crippen LogP) is 4.25. The van der Waals surface area contributed by atoms with E-state index in [9.17, 15) is 5.11 Å². The predicted molar refractivity (Wildman–Crippen MR) is 104 cm³/mol. The minimum absolute atomic E-state index is 0. The topological polar surface area (TPSA) is 61.4 Å². The van der Waals surface area contributed by atoms with E-state index in [1.807, 2.05) is 27.1 Å². The number of aromatic nitrogens is 2. The second kappa shape index (κ2) is 7.49. The molecule has 5 nitrogen and oxygen atoms in total. The molecule has 3 aromatic rings. The molecule has 2 N–H and O–H groups in total. The molecule has 25 heavy (non-hydrogen) atoms. The molecule has 6 heteroatoms. The Bertz CT molecular complexity index is 858. The van der Waals surface area contributed by atoms with Gasteiger partial charge in [-0.05, 0) is 37.3 Å². The molecular formula is C19H22ClN3O2. The quantitative estimate of drug-likeness (QED) is 0.730. The van der Waals surface area contributed by atoms with E-state index in [4.69, 9.17) is 9.72 Å². The molecule has 0 saturated heterocycles. The summed E-state index contributed by atoms with van der Waals surface area (Å²) in [5.41, 5.74) is 4.99. The Kier molecular flexibility index (Phi) is 5.59. The molecule has 0 aliphatic heterocycles. The standard InChI is InChI=1S/C19H21N3O2.ClH/c1-12-18(13-5-8-15(9-6-13)22(2)3)21-19(20-12)14-7-10-16(23)17(11-14)24-4;/h5-11,23H,1-4H3,(H,20,21);1H. The van der Waals surface area contributed by atoms with E-state index in [1.54, 1.807) is 12.1 Å². The number of ether oxygens (including phenoxy) is 1. The third-order valence-electron chi connectivity index (χ3n) is 4.00. The molecule has 132 valence electrons. The minimum atomic E-state index is 0. The van der Waals surface area contributed by atoms with Crippen molar-refractivity contribution in [3.63, 3.8) is 0 Å². The largest absolute Gasteiger partial charge is 0.504 e. The van der Waals surface area contributed by atoms with Crippen LogP contribution in [0.5, 0.6) is 11.5 Å².